The van der Waals surface area contributed by atoms with Crippen molar-refractivity contribution in [2.75, 3.05) is 7.11 Å². The Labute approximate surface area is 144 Å². The zero-order valence-corrected chi connectivity index (χ0v) is 13.9. The molecule has 8 heteroatoms. The SMILES string of the molecule is COCc1c(C(=O)O)[nH]c(CN)c1-c1ccc(CO)c(CO)c1CO. The first-order chi connectivity index (χ1) is 12.0. The maximum absolute atomic E-state index is 11.5. The number of carboxylic acids is 1. The van der Waals surface area contributed by atoms with E-state index in [4.69, 9.17) is 10.5 Å². The fraction of sp³-hybridized carbons (Fsp3) is 0.353. The van der Waals surface area contributed by atoms with Crippen LogP contribution in [0.15, 0.2) is 12.1 Å². The molecule has 0 aliphatic carbocycles. The summed E-state index contributed by atoms with van der Waals surface area (Å²) in [6.45, 7) is -0.948. The standard InChI is InChI=1S/C17H22N2O6/c1-25-8-13-15(14(4-18)19-16(13)17(23)24)10-3-2-9(5-20)11(6-21)12(10)7-22/h2-3,19-22H,4-8,18H2,1H3,(H,23,24). The van der Waals surface area contributed by atoms with Gasteiger partial charge in [-0.05, 0) is 22.3 Å². The number of carboxylic acid groups (broad SMARTS) is 1. The molecule has 1 heterocycles. The Balaban J connectivity index is 2.83. The van der Waals surface area contributed by atoms with E-state index < -0.39 is 5.97 Å². The van der Waals surface area contributed by atoms with Crippen LogP contribution < -0.4 is 5.73 Å². The van der Waals surface area contributed by atoms with Crippen LogP contribution in [0.4, 0.5) is 0 Å². The summed E-state index contributed by atoms with van der Waals surface area (Å²) in [6.07, 6.45) is 0. The van der Waals surface area contributed by atoms with Crippen LogP contribution in [-0.4, -0.2) is 38.5 Å². The molecule has 2 rings (SSSR count). The molecule has 0 spiro atoms. The number of nitrogens with two attached hydrogens (primary N) is 1. The molecule has 0 unspecified atom stereocenters. The summed E-state index contributed by atoms with van der Waals surface area (Å²) in [4.78, 5) is 14.3. The molecule has 8 nitrogen and oxygen atoms in total. The van der Waals surface area contributed by atoms with Gasteiger partial charge in [0, 0.05) is 30.5 Å². The normalized spacial score (nSPS) is 11.1. The van der Waals surface area contributed by atoms with E-state index >= 15 is 0 Å². The maximum Gasteiger partial charge on any atom is 0.352 e. The monoisotopic (exact) mass is 350 g/mol. The van der Waals surface area contributed by atoms with E-state index in [-0.39, 0.29) is 38.7 Å². The molecule has 0 atom stereocenters. The summed E-state index contributed by atoms with van der Waals surface area (Å²) in [7, 11) is 1.45. The van der Waals surface area contributed by atoms with E-state index in [1.165, 1.54) is 7.11 Å². The minimum absolute atomic E-state index is 0.0297. The van der Waals surface area contributed by atoms with Crippen LogP contribution in [0.2, 0.25) is 0 Å². The van der Waals surface area contributed by atoms with Gasteiger partial charge in [0.15, 0.2) is 0 Å². The van der Waals surface area contributed by atoms with Crippen LogP contribution in [0, 0.1) is 0 Å². The highest BCUT2D eigenvalue weighted by atomic mass is 16.5. The molecule has 25 heavy (non-hydrogen) atoms. The van der Waals surface area contributed by atoms with Gasteiger partial charge in [0.2, 0.25) is 0 Å². The Morgan fingerprint density at radius 2 is 1.80 bits per heavy atom. The first-order valence-corrected chi connectivity index (χ1v) is 7.66. The molecule has 0 fully saturated rings. The van der Waals surface area contributed by atoms with E-state index in [0.717, 1.165) is 0 Å². The van der Waals surface area contributed by atoms with Crippen molar-refractivity contribution in [3.8, 4) is 11.1 Å². The fourth-order valence-electron chi connectivity index (χ4n) is 3.05. The number of methoxy groups -OCH3 is 1. The molecule has 1 aromatic heterocycles. The summed E-state index contributed by atoms with van der Waals surface area (Å²) in [5.41, 5.74) is 9.02. The second-order valence-electron chi connectivity index (χ2n) is 5.48. The fourth-order valence-corrected chi connectivity index (χ4v) is 3.05. The smallest absolute Gasteiger partial charge is 0.352 e. The van der Waals surface area contributed by atoms with Gasteiger partial charge >= 0.3 is 5.97 Å². The van der Waals surface area contributed by atoms with Crippen molar-refractivity contribution in [2.24, 2.45) is 5.73 Å². The van der Waals surface area contributed by atoms with Gasteiger partial charge in [0.05, 0.1) is 26.4 Å². The van der Waals surface area contributed by atoms with Crippen LogP contribution in [-0.2, 0) is 37.7 Å². The number of aliphatic hydroxyl groups excluding tert-OH is 3. The number of H-pyrrole nitrogens is 1. The lowest BCUT2D eigenvalue weighted by atomic mass is 9.90. The number of rotatable bonds is 8. The van der Waals surface area contributed by atoms with Crippen molar-refractivity contribution in [1.82, 2.24) is 4.98 Å². The minimum Gasteiger partial charge on any atom is -0.477 e. The van der Waals surface area contributed by atoms with Crippen LogP contribution in [0.25, 0.3) is 11.1 Å². The summed E-state index contributed by atoms with van der Waals surface area (Å²) in [5, 5.41) is 38.3. The highest BCUT2D eigenvalue weighted by molar-refractivity contribution is 5.92. The van der Waals surface area contributed by atoms with Crippen LogP contribution in [0.5, 0.6) is 0 Å². The van der Waals surface area contributed by atoms with E-state index in [0.29, 0.717) is 39.1 Å². The number of nitrogens with one attached hydrogen (secondary N) is 1. The third-order valence-electron chi connectivity index (χ3n) is 4.17. The molecule has 0 bridgehead atoms. The van der Waals surface area contributed by atoms with Crippen molar-refractivity contribution in [3.63, 3.8) is 0 Å². The number of carbonyl (C=O) groups is 1. The number of aliphatic hydroxyl groups is 3. The average molecular weight is 350 g/mol. The number of aromatic nitrogens is 1. The second-order valence-corrected chi connectivity index (χ2v) is 5.48. The third kappa shape index (κ3) is 3.44. The van der Waals surface area contributed by atoms with E-state index in [9.17, 15) is 25.2 Å². The van der Waals surface area contributed by atoms with Gasteiger partial charge in [-0.25, -0.2) is 4.79 Å². The molecule has 0 saturated carbocycles. The van der Waals surface area contributed by atoms with Crippen molar-refractivity contribution < 1.29 is 30.0 Å². The summed E-state index contributed by atoms with van der Waals surface area (Å²) in [6, 6.07) is 3.30. The number of aromatic amines is 1. The van der Waals surface area contributed by atoms with Gasteiger partial charge in [-0.3, -0.25) is 0 Å². The molecular formula is C17H22N2O6. The molecule has 0 radical (unpaired) electrons. The van der Waals surface area contributed by atoms with Gasteiger partial charge in [-0.15, -0.1) is 0 Å². The lowest BCUT2D eigenvalue weighted by Gasteiger charge is -2.17. The molecular weight excluding hydrogens is 328 g/mol. The summed E-state index contributed by atoms with van der Waals surface area (Å²) in [5.74, 6) is -1.15. The first kappa shape index (κ1) is 19.1. The quantitative estimate of drug-likeness (QED) is 0.405. The Morgan fingerprint density at radius 1 is 1.12 bits per heavy atom. The summed E-state index contributed by atoms with van der Waals surface area (Å²) >= 11 is 0. The number of hydrogen-bond donors (Lipinski definition) is 6. The highest BCUT2D eigenvalue weighted by Crippen LogP contribution is 2.36. The zero-order valence-electron chi connectivity index (χ0n) is 13.9. The highest BCUT2D eigenvalue weighted by Gasteiger charge is 2.25. The molecule has 0 amide bonds. The topological polar surface area (TPSA) is 149 Å². The van der Waals surface area contributed by atoms with E-state index in [1.54, 1.807) is 12.1 Å². The van der Waals surface area contributed by atoms with Crippen molar-refractivity contribution in [3.05, 3.63) is 45.8 Å². The number of hydrogen-bond acceptors (Lipinski definition) is 6. The van der Waals surface area contributed by atoms with Crippen molar-refractivity contribution >= 4 is 5.97 Å². The predicted octanol–water partition coefficient (Wildman–Crippen LogP) is 0.462. The third-order valence-corrected chi connectivity index (χ3v) is 4.17. The average Bonchev–Trinajstić information content (AvgIpc) is 2.99. The second kappa shape index (κ2) is 8.24. The number of ether oxygens (including phenoxy) is 1. The van der Waals surface area contributed by atoms with Crippen LogP contribution >= 0.6 is 0 Å². The Kier molecular flexibility index (Phi) is 6.29. The number of aromatic carboxylic acids is 1. The molecule has 0 aliphatic rings. The van der Waals surface area contributed by atoms with Gasteiger partial charge in [-0.1, -0.05) is 12.1 Å². The molecule has 1 aromatic carbocycles. The molecule has 0 saturated heterocycles. The van der Waals surface area contributed by atoms with Gasteiger partial charge < -0.3 is 35.9 Å². The lowest BCUT2D eigenvalue weighted by molar-refractivity contribution is 0.0686. The van der Waals surface area contributed by atoms with E-state index in [1.807, 2.05) is 0 Å². The van der Waals surface area contributed by atoms with Gasteiger partial charge in [0.25, 0.3) is 0 Å². The Morgan fingerprint density at radius 3 is 2.28 bits per heavy atom. The van der Waals surface area contributed by atoms with E-state index in [2.05, 4.69) is 4.98 Å². The Bertz CT molecular complexity index is 769. The largest absolute Gasteiger partial charge is 0.477 e. The predicted molar refractivity (Wildman–Crippen MR) is 89.6 cm³/mol. The maximum atomic E-state index is 11.5. The van der Waals surface area contributed by atoms with Crippen molar-refractivity contribution in [1.29, 1.82) is 0 Å². The lowest BCUT2D eigenvalue weighted by Crippen LogP contribution is -2.06. The number of benzene rings is 1. The minimum atomic E-state index is -1.15. The van der Waals surface area contributed by atoms with Gasteiger partial charge in [0.1, 0.15) is 5.69 Å². The molecule has 7 N–H and O–H groups in total. The molecule has 136 valence electrons. The summed E-state index contributed by atoms with van der Waals surface area (Å²) < 4.78 is 5.14. The van der Waals surface area contributed by atoms with Crippen molar-refractivity contribution in [2.45, 2.75) is 33.0 Å². The van der Waals surface area contributed by atoms with Crippen LogP contribution in [0.1, 0.15) is 38.4 Å². The van der Waals surface area contributed by atoms with Crippen LogP contribution in [0.3, 0.4) is 0 Å². The first-order valence-electron chi connectivity index (χ1n) is 7.66. The molecule has 2 aromatic rings. The zero-order chi connectivity index (χ0) is 18.6. The molecule has 0 aliphatic heterocycles. The Hall–Kier alpha value is -2.23. The van der Waals surface area contributed by atoms with Gasteiger partial charge in [-0.2, -0.15) is 0 Å².